The summed E-state index contributed by atoms with van der Waals surface area (Å²) in [5, 5.41) is 5.32. The summed E-state index contributed by atoms with van der Waals surface area (Å²) in [4.78, 5) is 11.6. The second-order valence-corrected chi connectivity index (χ2v) is 8.65. The van der Waals surface area contributed by atoms with Crippen LogP contribution in [0.1, 0.15) is 62.1 Å². The van der Waals surface area contributed by atoms with E-state index >= 15 is 0 Å². The van der Waals surface area contributed by atoms with Gasteiger partial charge in [0.25, 0.3) is 0 Å². The van der Waals surface area contributed by atoms with Gasteiger partial charge < -0.3 is 14.8 Å². The van der Waals surface area contributed by atoms with Gasteiger partial charge in [-0.3, -0.25) is 0 Å². The minimum Gasteiger partial charge on any atom is -0.496 e. The number of aryl methyl sites for hydroxylation is 1. The number of aldehydes is 1. The van der Waals surface area contributed by atoms with Crippen LogP contribution in [-0.4, -0.2) is 20.4 Å². The lowest BCUT2D eigenvalue weighted by atomic mass is 9.99. The lowest BCUT2D eigenvalue weighted by molar-refractivity contribution is -0.108. The fourth-order valence-corrected chi connectivity index (χ4v) is 4.45. The molecule has 1 heterocycles. The molecule has 1 aliphatic rings. The number of thiophene rings is 1. The second-order valence-electron chi connectivity index (χ2n) is 7.68. The maximum absolute atomic E-state index is 10.3. The van der Waals surface area contributed by atoms with Crippen molar-refractivity contribution in [2.24, 2.45) is 5.92 Å². The molecule has 0 saturated heterocycles. The Kier molecular flexibility index (Phi) is 10.6. The van der Waals surface area contributed by atoms with Crippen LogP contribution in [0.25, 0.3) is 11.1 Å². The van der Waals surface area contributed by atoms with Crippen LogP contribution in [0.2, 0.25) is 0 Å². The molecule has 0 spiro atoms. The molecule has 3 atom stereocenters. The summed E-state index contributed by atoms with van der Waals surface area (Å²) in [6.07, 6.45) is 3.22. The Morgan fingerprint density at radius 2 is 1.81 bits per heavy atom. The highest BCUT2D eigenvalue weighted by molar-refractivity contribution is 7.10. The highest BCUT2D eigenvalue weighted by atomic mass is 32.1. The molecule has 4 heteroatoms. The number of hydrogen-bond acceptors (Lipinski definition) is 4. The highest BCUT2D eigenvalue weighted by Gasteiger charge is 2.38. The second kappa shape index (κ2) is 13.2. The van der Waals surface area contributed by atoms with Crippen molar-refractivity contribution in [3.8, 4) is 16.9 Å². The van der Waals surface area contributed by atoms with Gasteiger partial charge >= 0.3 is 0 Å². The van der Waals surface area contributed by atoms with Crippen molar-refractivity contribution in [1.82, 2.24) is 5.32 Å². The van der Waals surface area contributed by atoms with Gasteiger partial charge in [0.05, 0.1) is 7.11 Å². The number of carbonyl (C=O) groups excluding carboxylic acids is 1. The summed E-state index contributed by atoms with van der Waals surface area (Å²) in [6.45, 7) is 8.31. The highest BCUT2D eigenvalue weighted by Crippen LogP contribution is 2.47. The summed E-state index contributed by atoms with van der Waals surface area (Å²) in [5.74, 6) is 1.83. The quantitative estimate of drug-likeness (QED) is 0.384. The number of methoxy groups -OCH3 is 1. The Labute approximate surface area is 197 Å². The van der Waals surface area contributed by atoms with E-state index in [1.165, 1.54) is 27.1 Å². The minimum atomic E-state index is 0.279. The Hall–Kier alpha value is -2.43. The molecule has 4 rings (SSSR count). The van der Waals surface area contributed by atoms with E-state index in [0.29, 0.717) is 11.8 Å². The predicted octanol–water partition coefficient (Wildman–Crippen LogP) is 7.28. The number of benzene rings is 2. The molecule has 0 bridgehead atoms. The fourth-order valence-electron chi connectivity index (χ4n) is 3.53. The van der Waals surface area contributed by atoms with E-state index in [9.17, 15) is 4.79 Å². The van der Waals surface area contributed by atoms with Gasteiger partial charge in [-0.05, 0) is 61.0 Å². The first-order valence-electron chi connectivity index (χ1n) is 11.5. The zero-order valence-electron chi connectivity index (χ0n) is 20.2. The Balaban J connectivity index is 0.000000251. The smallest absolute Gasteiger partial charge is 0.124 e. The van der Waals surface area contributed by atoms with Gasteiger partial charge in [0, 0.05) is 28.3 Å². The fraction of sp³-hybridized carbons (Fsp3) is 0.393. The molecule has 3 aromatic rings. The normalized spacial score (nSPS) is 17.2. The van der Waals surface area contributed by atoms with Gasteiger partial charge in [-0.2, -0.15) is 0 Å². The van der Waals surface area contributed by atoms with Crippen molar-refractivity contribution < 1.29 is 9.53 Å². The van der Waals surface area contributed by atoms with Gasteiger partial charge in [0.15, 0.2) is 0 Å². The van der Waals surface area contributed by atoms with Gasteiger partial charge in [-0.25, -0.2) is 0 Å². The first-order valence-corrected chi connectivity index (χ1v) is 12.4. The SMILES string of the molecule is CC.CCc1ccc(-c2ccc([C@H](C)NC)c(OC)c2)cc1.O=C[C@H]1C[C@@H]1c1cccs1. The van der Waals surface area contributed by atoms with E-state index in [-0.39, 0.29) is 6.04 Å². The first-order chi connectivity index (χ1) is 15.6. The van der Waals surface area contributed by atoms with Gasteiger partial charge in [-0.15, -0.1) is 11.3 Å². The van der Waals surface area contributed by atoms with Crippen molar-refractivity contribution in [1.29, 1.82) is 0 Å². The Bertz CT molecular complexity index is 935. The number of hydrogen-bond donors (Lipinski definition) is 1. The standard InChI is InChI=1S/C18H23NO.C8H8OS.C2H6/c1-5-14-6-8-15(9-7-14)16-10-11-17(13(2)19-3)18(12-16)20-4;9-5-6-4-7(6)8-2-1-3-10-8;1-2/h6-13,19H,5H2,1-4H3;1-3,5-7H,4H2;1-2H3/t13-;6-,7+;/m01./s1. The monoisotopic (exact) mass is 451 g/mol. The summed E-state index contributed by atoms with van der Waals surface area (Å²) < 4.78 is 5.54. The molecule has 2 aromatic carbocycles. The Morgan fingerprint density at radius 3 is 2.31 bits per heavy atom. The molecule has 3 nitrogen and oxygen atoms in total. The van der Waals surface area contributed by atoms with E-state index in [1.807, 2.05) is 27.0 Å². The predicted molar refractivity (Wildman–Crippen MR) is 138 cm³/mol. The number of rotatable bonds is 7. The summed E-state index contributed by atoms with van der Waals surface area (Å²) in [7, 11) is 3.69. The molecule has 0 aliphatic heterocycles. The molecule has 1 aliphatic carbocycles. The number of nitrogens with one attached hydrogen (secondary N) is 1. The molecule has 1 N–H and O–H groups in total. The maximum Gasteiger partial charge on any atom is 0.124 e. The van der Waals surface area contributed by atoms with E-state index in [2.05, 4.69) is 73.1 Å². The third kappa shape index (κ3) is 6.78. The zero-order chi connectivity index (χ0) is 23.5. The number of ether oxygens (including phenoxy) is 1. The van der Waals surface area contributed by atoms with Crippen LogP contribution in [0.3, 0.4) is 0 Å². The maximum atomic E-state index is 10.3. The van der Waals surface area contributed by atoms with E-state index in [0.717, 1.165) is 24.9 Å². The largest absolute Gasteiger partial charge is 0.496 e. The van der Waals surface area contributed by atoms with Crippen LogP contribution in [0, 0.1) is 5.92 Å². The first kappa shape index (κ1) is 25.8. The van der Waals surface area contributed by atoms with Gasteiger partial charge in [0.2, 0.25) is 0 Å². The molecular weight excluding hydrogens is 414 g/mol. The average molecular weight is 452 g/mol. The lowest BCUT2D eigenvalue weighted by Gasteiger charge is -2.16. The van der Waals surface area contributed by atoms with Crippen molar-refractivity contribution in [2.45, 2.75) is 52.5 Å². The van der Waals surface area contributed by atoms with Crippen molar-refractivity contribution >= 4 is 17.6 Å². The summed E-state index contributed by atoms with van der Waals surface area (Å²) in [5.41, 5.74) is 4.96. The van der Waals surface area contributed by atoms with Crippen molar-refractivity contribution in [2.75, 3.05) is 14.2 Å². The zero-order valence-corrected chi connectivity index (χ0v) is 21.0. The molecule has 32 heavy (non-hydrogen) atoms. The molecule has 0 amide bonds. The lowest BCUT2D eigenvalue weighted by Crippen LogP contribution is -2.13. The minimum absolute atomic E-state index is 0.279. The van der Waals surface area contributed by atoms with Crippen molar-refractivity contribution in [3.63, 3.8) is 0 Å². The van der Waals surface area contributed by atoms with Crippen LogP contribution >= 0.6 is 11.3 Å². The number of carbonyl (C=O) groups is 1. The summed E-state index contributed by atoms with van der Waals surface area (Å²) >= 11 is 1.75. The molecule has 1 fully saturated rings. The third-order valence-corrected chi connectivity index (χ3v) is 6.76. The van der Waals surface area contributed by atoms with Crippen LogP contribution in [0.4, 0.5) is 0 Å². The van der Waals surface area contributed by atoms with Crippen LogP contribution in [0.5, 0.6) is 5.75 Å². The topological polar surface area (TPSA) is 38.3 Å². The van der Waals surface area contributed by atoms with E-state index in [4.69, 9.17) is 4.74 Å². The molecule has 1 aromatic heterocycles. The molecule has 172 valence electrons. The molecule has 0 radical (unpaired) electrons. The van der Waals surface area contributed by atoms with E-state index in [1.54, 1.807) is 18.4 Å². The summed E-state index contributed by atoms with van der Waals surface area (Å²) in [6, 6.07) is 19.6. The molecule has 0 unspecified atom stereocenters. The average Bonchev–Trinajstić information content (AvgIpc) is 3.46. The third-order valence-electron chi connectivity index (χ3n) is 5.75. The van der Waals surface area contributed by atoms with Gasteiger partial charge in [0.1, 0.15) is 12.0 Å². The van der Waals surface area contributed by atoms with Crippen molar-refractivity contribution in [3.05, 3.63) is 76.0 Å². The molecule has 1 saturated carbocycles. The van der Waals surface area contributed by atoms with Crippen LogP contribution < -0.4 is 10.1 Å². The van der Waals surface area contributed by atoms with Gasteiger partial charge in [-0.1, -0.05) is 63.2 Å². The molecular formula is C28H37NO2S. The Morgan fingerprint density at radius 1 is 1.12 bits per heavy atom. The van der Waals surface area contributed by atoms with Crippen LogP contribution in [-0.2, 0) is 11.2 Å². The van der Waals surface area contributed by atoms with E-state index < -0.39 is 0 Å². The van der Waals surface area contributed by atoms with Crippen LogP contribution in [0.15, 0.2) is 60.0 Å².